The Morgan fingerprint density at radius 1 is 1.77 bits per heavy atom. The summed E-state index contributed by atoms with van der Waals surface area (Å²) in [6, 6.07) is 0. The van der Waals surface area contributed by atoms with Crippen LogP contribution in [-0.2, 0) is 6.54 Å². The van der Waals surface area contributed by atoms with Crippen molar-refractivity contribution in [3.05, 3.63) is 22.1 Å². The molecule has 0 saturated carbocycles. The molecule has 1 aromatic heterocycles. The van der Waals surface area contributed by atoms with Gasteiger partial charge in [0.15, 0.2) is 5.82 Å². The van der Waals surface area contributed by atoms with Gasteiger partial charge >= 0.3 is 33.1 Å². The Bertz CT molecular complexity index is 299. The van der Waals surface area contributed by atoms with Crippen molar-refractivity contribution in [1.29, 1.82) is 0 Å². The van der Waals surface area contributed by atoms with Gasteiger partial charge in [0.25, 0.3) is 0 Å². The van der Waals surface area contributed by atoms with E-state index < -0.39 is 4.92 Å². The second-order valence-electron chi connectivity index (χ2n) is 2.30. The number of aromatic nitrogens is 2. The van der Waals surface area contributed by atoms with E-state index >= 15 is 0 Å². The first-order chi connectivity index (χ1) is 5.66. The van der Waals surface area contributed by atoms with Gasteiger partial charge in [-0.2, -0.15) is 0 Å². The summed E-state index contributed by atoms with van der Waals surface area (Å²) in [6.07, 6.45) is 1.19. The summed E-state index contributed by atoms with van der Waals surface area (Å²) < 4.78 is 1.36. The molecular formula is C6H9N3O3Pb+4. The van der Waals surface area contributed by atoms with Crippen LogP contribution in [0, 0.1) is 17.0 Å². The van der Waals surface area contributed by atoms with Crippen molar-refractivity contribution >= 4 is 33.1 Å². The zero-order valence-corrected chi connectivity index (χ0v) is 11.0. The fourth-order valence-corrected chi connectivity index (χ4v) is 0.978. The van der Waals surface area contributed by atoms with Gasteiger partial charge in [-0.3, -0.25) is 0 Å². The van der Waals surface area contributed by atoms with Gasteiger partial charge in [0.05, 0.1) is 6.61 Å². The van der Waals surface area contributed by atoms with E-state index in [1.54, 1.807) is 6.92 Å². The van der Waals surface area contributed by atoms with Crippen molar-refractivity contribution in [2.75, 3.05) is 6.61 Å². The fraction of sp³-hybridized carbons (Fsp3) is 0.500. The van der Waals surface area contributed by atoms with E-state index in [2.05, 4.69) is 4.98 Å². The quantitative estimate of drug-likeness (QED) is 0.445. The number of rotatable bonds is 3. The summed E-state index contributed by atoms with van der Waals surface area (Å²) in [6.45, 7) is 1.74. The standard InChI is InChI=1S/C6H9N3O3.Pb/c1-5-7-4-6(9(11)12)8(5)2-3-10;/h4,10H,2-3H2,1H3;/q;+4. The van der Waals surface area contributed by atoms with Crippen molar-refractivity contribution in [2.24, 2.45) is 0 Å². The zero-order valence-electron chi connectivity index (χ0n) is 7.10. The molecule has 0 aliphatic carbocycles. The van der Waals surface area contributed by atoms with Crippen LogP contribution in [0.3, 0.4) is 0 Å². The second kappa shape index (κ2) is 5.27. The van der Waals surface area contributed by atoms with Crippen LogP contribution in [0.25, 0.3) is 0 Å². The Labute approximate surface area is 94.9 Å². The third kappa shape index (κ3) is 2.73. The molecule has 66 valence electrons. The molecule has 1 aromatic rings. The molecular weight excluding hydrogens is 369 g/mol. The van der Waals surface area contributed by atoms with Crippen LogP contribution >= 0.6 is 0 Å². The molecule has 0 fully saturated rings. The summed E-state index contributed by atoms with van der Waals surface area (Å²) in [7, 11) is 0. The Balaban J connectivity index is 0.00000144. The van der Waals surface area contributed by atoms with Crippen LogP contribution in [0.4, 0.5) is 5.82 Å². The fourth-order valence-electron chi connectivity index (χ4n) is 0.978. The average Bonchev–Trinajstić information content (AvgIpc) is 2.34. The van der Waals surface area contributed by atoms with Crippen LogP contribution in [0.2, 0.25) is 0 Å². The number of nitro groups is 1. The Kier molecular flexibility index (Phi) is 5.07. The van der Waals surface area contributed by atoms with Crippen molar-refractivity contribution in [2.45, 2.75) is 13.5 Å². The first kappa shape index (κ1) is 12.5. The number of hydrogen-bond donors (Lipinski definition) is 1. The largest absolute Gasteiger partial charge is 4.00 e. The first-order valence-electron chi connectivity index (χ1n) is 3.44. The van der Waals surface area contributed by atoms with E-state index in [1.165, 1.54) is 10.8 Å². The number of nitrogens with zero attached hydrogens (tertiary/aromatic N) is 3. The molecule has 0 aliphatic heterocycles. The Morgan fingerprint density at radius 3 is 2.85 bits per heavy atom. The predicted octanol–water partition coefficient (Wildman–Crippen LogP) is -0.289. The van der Waals surface area contributed by atoms with E-state index in [9.17, 15) is 10.1 Å². The molecule has 0 bridgehead atoms. The minimum atomic E-state index is -0.518. The minimum Gasteiger partial charge on any atom is -0.392 e. The van der Waals surface area contributed by atoms with E-state index in [-0.39, 0.29) is 46.3 Å². The molecule has 1 rings (SSSR count). The first-order valence-corrected chi connectivity index (χ1v) is 3.44. The number of aliphatic hydroxyl groups excluding tert-OH is 1. The van der Waals surface area contributed by atoms with Crippen molar-refractivity contribution < 1.29 is 10.0 Å². The molecule has 0 unspecified atom stereocenters. The maximum Gasteiger partial charge on any atom is 4.00 e. The molecule has 0 amide bonds. The summed E-state index contributed by atoms with van der Waals surface area (Å²) in [5.41, 5.74) is 0. The van der Waals surface area contributed by atoms with Gasteiger partial charge in [0.1, 0.15) is 12.7 Å². The molecule has 0 saturated heterocycles. The van der Waals surface area contributed by atoms with Gasteiger partial charge in [-0.1, -0.05) is 0 Å². The molecule has 0 radical (unpaired) electrons. The van der Waals surface area contributed by atoms with Gasteiger partial charge in [0.2, 0.25) is 0 Å². The number of aliphatic hydroxyl groups is 1. The topological polar surface area (TPSA) is 81.2 Å². The number of hydrogen-bond acceptors (Lipinski definition) is 4. The van der Waals surface area contributed by atoms with Crippen molar-refractivity contribution in [3.63, 3.8) is 0 Å². The maximum atomic E-state index is 10.4. The van der Waals surface area contributed by atoms with Crippen LogP contribution in [-0.4, -0.2) is 53.5 Å². The predicted molar refractivity (Wildman–Crippen MR) is 46.5 cm³/mol. The number of imidazole rings is 1. The van der Waals surface area contributed by atoms with Crippen molar-refractivity contribution in [1.82, 2.24) is 9.55 Å². The monoisotopic (exact) mass is 379 g/mol. The number of aryl methyl sites for hydroxylation is 1. The molecule has 13 heavy (non-hydrogen) atoms. The minimum absolute atomic E-state index is 0. The van der Waals surface area contributed by atoms with E-state index in [1.807, 2.05) is 0 Å². The average molecular weight is 378 g/mol. The molecule has 1 N–H and O–H groups in total. The van der Waals surface area contributed by atoms with Crippen LogP contribution in [0.5, 0.6) is 0 Å². The van der Waals surface area contributed by atoms with E-state index in [0.717, 1.165) is 0 Å². The molecule has 6 nitrogen and oxygen atoms in total. The Morgan fingerprint density at radius 2 is 2.38 bits per heavy atom. The van der Waals surface area contributed by atoms with Gasteiger partial charge in [-0.05, 0) is 4.92 Å². The van der Waals surface area contributed by atoms with Gasteiger partial charge in [0, 0.05) is 6.92 Å². The summed E-state index contributed by atoms with van der Waals surface area (Å²) >= 11 is 0. The second-order valence-corrected chi connectivity index (χ2v) is 2.30. The van der Waals surface area contributed by atoms with Crippen molar-refractivity contribution in [3.8, 4) is 0 Å². The van der Waals surface area contributed by atoms with Gasteiger partial charge in [-0.15, -0.1) is 0 Å². The Hall–Kier alpha value is -0.508. The summed E-state index contributed by atoms with van der Waals surface area (Å²) in [5, 5.41) is 19.0. The molecule has 0 atom stereocenters. The normalized spacial score (nSPS) is 9.38. The smallest absolute Gasteiger partial charge is 0.392 e. The van der Waals surface area contributed by atoms with Crippen LogP contribution in [0.15, 0.2) is 6.20 Å². The molecule has 0 aromatic carbocycles. The molecule has 0 aliphatic rings. The van der Waals surface area contributed by atoms with Gasteiger partial charge in [-0.25, -0.2) is 9.55 Å². The summed E-state index contributed by atoms with van der Waals surface area (Å²) in [4.78, 5) is 13.6. The maximum absolute atomic E-state index is 10.4. The van der Waals surface area contributed by atoms with Crippen LogP contribution in [0.1, 0.15) is 5.82 Å². The van der Waals surface area contributed by atoms with E-state index in [4.69, 9.17) is 5.11 Å². The SMILES string of the molecule is Cc1ncc([N+](=O)[O-])n1CCO.[Pb+4]. The van der Waals surface area contributed by atoms with Crippen LogP contribution < -0.4 is 0 Å². The zero-order chi connectivity index (χ0) is 9.14. The van der Waals surface area contributed by atoms with Gasteiger partial charge < -0.3 is 15.2 Å². The summed E-state index contributed by atoms with van der Waals surface area (Å²) in [5.74, 6) is 0.456. The molecule has 7 heteroatoms. The third-order valence-corrected chi connectivity index (χ3v) is 1.54. The third-order valence-electron chi connectivity index (χ3n) is 1.54. The molecule has 1 heterocycles. The van der Waals surface area contributed by atoms with E-state index in [0.29, 0.717) is 5.82 Å². The molecule has 0 spiro atoms.